The maximum Gasteiger partial charge on any atom is 0.0998 e. The maximum absolute atomic E-state index is 10.2. The third-order valence-electron chi connectivity index (χ3n) is 9.88. The summed E-state index contributed by atoms with van der Waals surface area (Å²) in [5.74, 6) is 0. The number of nitriles is 3. The number of fused-ring (bicyclic) bond motifs is 5. The van der Waals surface area contributed by atoms with Crippen LogP contribution in [0.15, 0.2) is 158 Å². The zero-order valence-electron chi connectivity index (χ0n) is 27.3. The van der Waals surface area contributed by atoms with Gasteiger partial charge in [0.1, 0.15) is 0 Å². The molecule has 9 rings (SSSR count). The Hall–Kier alpha value is -7.45. The van der Waals surface area contributed by atoms with Gasteiger partial charge >= 0.3 is 0 Å². The fourth-order valence-electron chi connectivity index (χ4n) is 7.62. The average molecular weight is 647 g/mol. The predicted octanol–water partition coefficient (Wildman–Crippen LogP) is 11.7. The van der Waals surface area contributed by atoms with Crippen molar-refractivity contribution in [1.29, 1.82) is 15.8 Å². The summed E-state index contributed by atoms with van der Waals surface area (Å²) in [6, 6.07) is 60.4. The van der Waals surface area contributed by atoms with E-state index in [9.17, 15) is 15.8 Å². The molecule has 0 unspecified atom stereocenters. The molecule has 0 amide bonds. The first kappa shape index (κ1) is 29.7. The molecule has 0 aliphatic rings. The molecular weight excluding hydrogens is 621 g/mol. The lowest BCUT2D eigenvalue weighted by Gasteiger charge is -2.18. The van der Waals surface area contributed by atoms with Crippen molar-refractivity contribution in [3.8, 4) is 57.3 Å². The van der Waals surface area contributed by atoms with Crippen molar-refractivity contribution < 1.29 is 0 Å². The number of rotatable bonds is 4. The molecule has 0 saturated carbocycles. The number of aromatic nitrogens is 1. The minimum atomic E-state index is 0.555. The Balaban J connectivity index is 1.21. The smallest absolute Gasteiger partial charge is 0.0998 e. The third-order valence-corrected chi connectivity index (χ3v) is 9.88. The summed E-state index contributed by atoms with van der Waals surface area (Å²) in [7, 11) is 0. The van der Waals surface area contributed by atoms with E-state index < -0.39 is 0 Å². The second kappa shape index (κ2) is 11.9. The van der Waals surface area contributed by atoms with E-state index in [-0.39, 0.29) is 0 Å². The van der Waals surface area contributed by atoms with Gasteiger partial charge in [0.15, 0.2) is 0 Å². The van der Waals surface area contributed by atoms with Crippen molar-refractivity contribution >= 4 is 43.4 Å². The molecule has 51 heavy (non-hydrogen) atoms. The molecule has 1 heterocycles. The van der Waals surface area contributed by atoms with Gasteiger partial charge in [-0.1, -0.05) is 103 Å². The van der Waals surface area contributed by atoms with E-state index in [2.05, 4.69) is 132 Å². The molecule has 1 aromatic heterocycles. The van der Waals surface area contributed by atoms with E-state index >= 15 is 0 Å². The van der Waals surface area contributed by atoms with Gasteiger partial charge in [0.2, 0.25) is 0 Å². The molecule has 0 bridgehead atoms. The number of nitrogens with zero attached hydrogens (tertiary/aromatic N) is 4. The molecule has 0 fully saturated rings. The summed E-state index contributed by atoms with van der Waals surface area (Å²) in [6.07, 6.45) is 0. The summed E-state index contributed by atoms with van der Waals surface area (Å²) < 4.78 is 2.14. The van der Waals surface area contributed by atoms with Crippen LogP contribution in [-0.4, -0.2) is 4.57 Å². The summed E-state index contributed by atoms with van der Waals surface area (Å²) in [5, 5.41) is 36.1. The Morgan fingerprint density at radius 2 is 0.843 bits per heavy atom. The first-order valence-electron chi connectivity index (χ1n) is 16.7. The molecule has 9 aromatic rings. The Bertz CT molecular complexity index is 2860. The second-order valence-corrected chi connectivity index (χ2v) is 12.6. The molecule has 0 N–H and O–H groups in total. The highest BCUT2D eigenvalue weighted by Gasteiger charge is 2.18. The molecule has 0 radical (unpaired) electrons. The van der Waals surface area contributed by atoms with Crippen molar-refractivity contribution in [2.75, 3.05) is 0 Å². The molecule has 0 aliphatic carbocycles. The van der Waals surface area contributed by atoms with Gasteiger partial charge in [-0.05, 0) is 104 Å². The molecule has 4 nitrogen and oxygen atoms in total. The number of hydrogen-bond donors (Lipinski definition) is 0. The highest BCUT2D eigenvalue weighted by atomic mass is 15.0. The van der Waals surface area contributed by atoms with Crippen molar-refractivity contribution in [2.45, 2.75) is 0 Å². The summed E-state index contributed by atoms with van der Waals surface area (Å²) >= 11 is 0. The highest BCUT2D eigenvalue weighted by Crippen LogP contribution is 2.44. The fraction of sp³-hybridized carbons (Fsp3) is 0. The van der Waals surface area contributed by atoms with Crippen LogP contribution in [0, 0.1) is 34.0 Å². The lowest BCUT2D eigenvalue weighted by atomic mass is 9.85. The van der Waals surface area contributed by atoms with Crippen molar-refractivity contribution in [1.82, 2.24) is 4.57 Å². The summed E-state index contributed by atoms with van der Waals surface area (Å²) in [4.78, 5) is 0. The minimum Gasteiger partial charge on any atom is -0.309 e. The highest BCUT2D eigenvalue weighted by molar-refractivity contribution is 6.21. The van der Waals surface area contributed by atoms with Crippen molar-refractivity contribution in [3.05, 3.63) is 174 Å². The Kier molecular flexibility index (Phi) is 6.93. The normalized spacial score (nSPS) is 11.1. The Morgan fingerprint density at radius 3 is 1.33 bits per heavy atom. The van der Waals surface area contributed by atoms with Crippen LogP contribution in [0.1, 0.15) is 16.7 Å². The molecule has 0 saturated heterocycles. The van der Waals surface area contributed by atoms with Crippen LogP contribution in [0.25, 0.3) is 82.4 Å². The molecule has 0 spiro atoms. The van der Waals surface area contributed by atoms with Gasteiger partial charge < -0.3 is 4.57 Å². The predicted molar refractivity (Wildman–Crippen MR) is 206 cm³/mol. The molecule has 0 atom stereocenters. The summed E-state index contributed by atoms with van der Waals surface area (Å²) in [6.45, 7) is 0. The van der Waals surface area contributed by atoms with E-state index in [1.54, 1.807) is 0 Å². The zero-order chi connectivity index (χ0) is 34.5. The molecule has 234 valence electrons. The first-order chi connectivity index (χ1) is 25.2. The molecular formula is C47H26N4. The third kappa shape index (κ3) is 4.74. The monoisotopic (exact) mass is 646 g/mol. The lowest BCUT2D eigenvalue weighted by molar-refractivity contribution is 1.18. The minimum absolute atomic E-state index is 0.555. The fourth-order valence-corrected chi connectivity index (χ4v) is 7.62. The van der Waals surface area contributed by atoms with E-state index in [4.69, 9.17) is 0 Å². The Labute approximate surface area is 294 Å². The maximum atomic E-state index is 10.2. The topological polar surface area (TPSA) is 76.3 Å². The van der Waals surface area contributed by atoms with Crippen molar-refractivity contribution in [2.24, 2.45) is 0 Å². The molecule has 4 heteroatoms. The van der Waals surface area contributed by atoms with Gasteiger partial charge in [0.05, 0.1) is 45.9 Å². The first-order valence-corrected chi connectivity index (χ1v) is 16.7. The van der Waals surface area contributed by atoms with Crippen LogP contribution in [0.5, 0.6) is 0 Å². The van der Waals surface area contributed by atoms with Crippen LogP contribution >= 0.6 is 0 Å². The van der Waals surface area contributed by atoms with Gasteiger partial charge in [-0.2, -0.15) is 15.8 Å². The van der Waals surface area contributed by atoms with Gasteiger partial charge in [0, 0.05) is 22.0 Å². The van der Waals surface area contributed by atoms with Crippen LogP contribution in [0.2, 0.25) is 0 Å². The van der Waals surface area contributed by atoms with Gasteiger partial charge in [-0.25, -0.2) is 0 Å². The van der Waals surface area contributed by atoms with Gasteiger partial charge in [-0.15, -0.1) is 0 Å². The average Bonchev–Trinajstić information content (AvgIpc) is 3.52. The van der Waals surface area contributed by atoms with Crippen LogP contribution in [-0.2, 0) is 0 Å². The van der Waals surface area contributed by atoms with E-state index in [1.165, 1.54) is 38.2 Å². The lowest BCUT2D eigenvalue weighted by Crippen LogP contribution is -1.96. The Morgan fingerprint density at radius 1 is 0.373 bits per heavy atom. The van der Waals surface area contributed by atoms with E-state index in [0.29, 0.717) is 16.7 Å². The SMILES string of the molecule is N#Cc1ccc2c(c1)c1cc(C#N)ccc1n2-c1ccc(C#N)c(-c2ccc(-c3c4ccccc4c(-c4ccccc4)c4ccccc34)cc2)c1. The largest absolute Gasteiger partial charge is 0.309 e. The number of hydrogen-bond acceptors (Lipinski definition) is 3. The summed E-state index contributed by atoms with van der Waals surface area (Å²) in [5.41, 5.74) is 10.9. The number of benzene rings is 8. The molecule has 8 aromatic carbocycles. The van der Waals surface area contributed by atoms with E-state index in [1.807, 2.05) is 48.5 Å². The second-order valence-electron chi connectivity index (χ2n) is 12.6. The van der Waals surface area contributed by atoms with Crippen molar-refractivity contribution in [3.63, 3.8) is 0 Å². The molecule has 0 aliphatic heterocycles. The van der Waals surface area contributed by atoms with Gasteiger partial charge in [0.25, 0.3) is 0 Å². The quantitative estimate of drug-likeness (QED) is 0.179. The van der Waals surface area contributed by atoms with Crippen LogP contribution in [0.4, 0.5) is 0 Å². The zero-order valence-corrected chi connectivity index (χ0v) is 27.3. The van der Waals surface area contributed by atoms with Crippen LogP contribution in [0.3, 0.4) is 0 Å². The van der Waals surface area contributed by atoms with Gasteiger partial charge in [-0.3, -0.25) is 0 Å². The van der Waals surface area contributed by atoms with E-state index in [0.717, 1.165) is 44.2 Å². The van der Waals surface area contributed by atoms with Crippen LogP contribution < -0.4 is 0 Å². The standard InChI is InChI=1S/C47H26N4/c48-27-30-14-22-44-42(24-30)43-25-31(28-49)15-23-45(43)51(44)36-21-20-35(29-50)41(26-36)32-16-18-34(19-17-32)47-39-12-6-4-10-37(39)46(33-8-2-1-3-9-33)38-11-5-7-13-40(38)47/h1-26H.